The van der Waals surface area contributed by atoms with Crippen molar-refractivity contribution >= 4 is 38.2 Å². The SMILES string of the molecule is Cc1ccc(Nc2c(F)c(F)c3ncoc3c2NS(=O)(=O)C2(CC(O)CO)CC2)c(F)c1. The zero-order valence-electron chi connectivity index (χ0n) is 16.8. The van der Waals surface area contributed by atoms with E-state index in [0.717, 1.165) is 6.39 Å². The van der Waals surface area contributed by atoms with Gasteiger partial charge in [-0.15, -0.1) is 0 Å². The van der Waals surface area contributed by atoms with Gasteiger partial charge in [0.2, 0.25) is 10.0 Å². The molecule has 1 fully saturated rings. The van der Waals surface area contributed by atoms with Crippen LogP contribution in [-0.2, 0) is 10.0 Å². The molecule has 3 aromatic rings. The lowest BCUT2D eigenvalue weighted by Crippen LogP contribution is -2.34. The Morgan fingerprint density at radius 3 is 2.56 bits per heavy atom. The summed E-state index contributed by atoms with van der Waals surface area (Å²) in [6.07, 6.45) is -0.319. The smallest absolute Gasteiger partial charge is 0.238 e. The molecular weight excluding hydrogens is 451 g/mol. The summed E-state index contributed by atoms with van der Waals surface area (Å²) in [4.78, 5) is 3.60. The molecule has 1 aliphatic rings. The molecule has 1 heterocycles. The summed E-state index contributed by atoms with van der Waals surface area (Å²) in [5, 5.41) is 21.3. The standard InChI is InChI=1S/C20H20F3N3O5S/c1-10-2-3-13(12(21)6-10)25-16-14(22)15(23)17-19(31-9-24-17)18(16)26-32(29,30)20(4-5-20)7-11(28)8-27/h2-3,6,9,11,25-28H,4-5,7-8H2,1H3. The molecule has 4 N–H and O–H groups in total. The van der Waals surface area contributed by atoms with Crippen molar-refractivity contribution in [2.75, 3.05) is 16.6 Å². The van der Waals surface area contributed by atoms with E-state index in [1.54, 1.807) is 6.92 Å². The molecule has 4 rings (SSSR count). The van der Waals surface area contributed by atoms with Gasteiger partial charge in [0.05, 0.1) is 23.1 Å². The molecule has 2 aromatic carbocycles. The Bertz CT molecular complexity index is 1290. The summed E-state index contributed by atoms with van der Waals surface area (Å²) in [6.45, 7) is 1.01. The normalized spacial score (nSPS) is 16.2. The second-order valence-electron chi connectivity index (χ2n) is 7.85. The summed E-state index contributed by atoms with van der Waals surface area (Å²) in [7, 11) is -4.27. The topological polar surface area (TPSA) is 125 Å². The van der Waals surface area contributed by atoms with Crippen LogP contribution >= 0.6 is 0 Å². The molecule has 1 unspecified atom stereocenters. The largest absolute Gasteiger partial charge is 0.441 e. The second-order valence-corrected chi connectivity index (χ2v) is 9.92. The van der Waals surface area contributed by atoms with Crippen LogP contribution in [-0.4, -0.2) is 41.1 Å². The minimum absolute atomic E-state index is 0.192. The Hall–Kier alpha value is -2.83. The third-order valence-corrected chi connectivity index (χ3v) is 7.67. The molecule has 0 bridgehead atoms. The van der Waals surface area contributed by atoms with Gasteiger partial charge in [0.15, 0.2) is 29.1 Å². The molecule has 8 nitrogen and oxygen atoms in total. The molecule has 32 heavy (non-hydrogen) atoms. The molecule has 1 aromatic heterocycles. The fourth-order valence-corrected chi connectivity index (χ4v) is 5.28. The van der Waals surface area contributed by atoms with Crippen molar-refractivity contribution in [3.63, 3.8) is 0 Å². The number of nitrogens with one attached hydrogen (secondary N) is 2. The number of hydrogen-bond acceptors (Lipinski definition) is 7. The number of rotatable bonds is 8. The Balaban J connectivity index is 1.82. The first-order chi connectivity index (χ1) is 15.1. The number of hydrogen-bond donors (Lipinski definition) is 4. The quantitative estimate of drug-likeness (QED) is 0.397. The van der Waals surface area contributed by atoms with Gasteiger partial charge in [-0.05, 0) is 43.9 Å². The van der Waals surface area contributed by atoms with Crippen LogP contribution in [0.2, 0.25) is 0 Å². The van der Waals surface area contributed by atoms with Gasteiger partial charge >= 0.3 is 0 Å². The Morgan fingerprint density at radius 1 is 1.22 bits per heavy atom. The Labute approximate surface area is 181 Å². The Morgan fingerprint density at radius 2 is 1.94 bits per heavy atom. The van der Waals surface area contributed by atoms with Crippen LogP contribution in [0.25, 0.3) is 11.1 Å². The summed E-state index contributed by atoms with van der Waals surface area (Å²) < 4.78 is 76.1. The molecule has 0 spiro atoms. The minimum Gasteiger partial charge on any atom is -0.441 e. The van der Waals surface area contributed by atoms with Gasteiger partial charge in [0, 0.05) is 0 Å². The van der Waals surface area contributed by atoms with Crippen LogP contribution in [0.3, 0.4) is 0 Å². The van der Waals surface area contributed by atoms with Crippen molar-refractivity contribution in [1.29, 1.82) is 0 Å². The van der Waals surface area contributed by atoms with E-state index < -0.39 is 61.8 Å². The summed E-state index contributed by atoms with van der Waals surface area (Å²) >= 11 is 0. The highest BCUT2D eigenvalue weighted by molar-refractivity contribution is 7.94. The summed E-state index contributed by atoms with van der Waals surface area (Å²) in [5.41, 5.74) is -1.73. The van der Waals surface area contributed by atoms with Gasteiger partial charge in [-0.2, -0.15) is 0 Å². The number of benzene rings is 2. The van der Waals surface area contributed by atoms with Crippen LogP contribution in [0, 0.1) is 24.4 Å². The van der Waals surface area contributed by atoms with Gasteiger partial charge in [-0.1, -0.05) is 6.07 Å². The summed E-state index contributed by atoms with van der Waals surface area (Å²) in [6, 6.07) is 4.00. The highest BCUT2D eigenvalue weighted by Gasteiger charge is 2.55. The molecule has 0 aliphatic heterocycles. The first-order valence-corrected chi connectivity index (χ1v) is 11.2. The highest BCUT2D eigenvalue weighted by atomic mass is 32.2. The van der Waals surface area contributed by atoms with Crippen molar-refractivity contribution < 1.29 is 36.2 Å². The molecule has 0 amide bonds. The van der Waals surface area contributed by atoms with Gasteiger partial charge in [-0.25, -0.2) is 26.6 Å². The lowest BCUT2D eigenvalue weighted by Gasteiger charge is -2.22. The number of halogens is 3. The average Bonchev–Trinajstić information content (AvgIpc) is 3.36. The number of nitrogens with zero attached hydrogens (tertiary/aromatic N) is 1. The van der Waals surface area contributed by atoms with Crippen LogP contribution in [0.5, 0.6) is 0 Å². The van der Waals surface area contributed by atoms with Gasteiger partial charge in [0.1, 0.15) is 17.2 Å². The van der Waals surface area contributed by atoms with Crippen LogP contribution in [0.4, 0.5) is 30.2 Å². The lowest BCUT2D eigenvalue weighted by molar-refractivity contribution is 0.0858. The molecule has 1 saturated carbocycles. The fourth-order valence-electron chi connectivity index (χ4n) is 3.55. The maximum atomic E-state index is 15.0. The third kappa shape index (κ3) is 3.78. The number of fused-ring (bicyclic) bond motifs is 1. The van der Waals surface area contributed by atoms with Crippen molar-refractivity contribution in [2.24, 2.45) is 0 Å². The van der Waals surface area contributed by atoms with E-state index >= 15 is 0 Å². The van der Waals surface area contributed by atoms with Crippen LogP contribution < -0.4 is 10.0 Å². The predicted octanol–water partition coefficient (Wildman–Crippen LogP) is 3.31. The van der Waals surface area contributed by atoms with Crippen LogP contribution in [0.15, 0.2) is 29.0 Å². The van der Waals surface area contributed by atoms with Gasteiger partial charge in [0.25, 0.3) is 0 Å². The molecule has 1 atom stereocenters. The van der Waals surface area contributed by atoms with E-state index in [2.05, 4.69) is 15.0 Å². The second kappa shape index (κ2) is 7.94. The monoisotopic (exact) mass is 471 g/mol. The lowest BCUT2D eigenvalue weighted by atomic mass is 10.2. The van der Waals surface area contributed by atoms with Crippen molar-refractivity contribution in [1.82, 2.24) is 4.98 Å². The van der Waals surface area contributed by atoms with E-state index in [4.69, 9.17) is 9.52 Å². The first kappa shape index (κ1) is 22.4. The molecule has 0 saturated heterocycles. The first-order valence-electron chi connectivity index (χ1n) is 9.67. The number of anilines is 3. The molecule has 0 radical (unpaired) electrons. The van der Waals surface area contributed by atoms with Gasteiger partial charge < -0.3 is 19.9 Å². The van der Waals surface area contributed by atoms with Crippen molar-refractivity contribution in [3.05, 3.63) is 47.6 Å². The number of aliphatic hydroxyl groups is 2. The molecular formula is C20H20F3N3O5S. The van der Waals surface area contributed by atoms with Gasteiger partial charge in [-0.3, -0.25) is 4.72 Å². The summed E-state index contributed by atoms with van der Waals surface area (Å²) in [5.74, 6) is -3.64. The number of oxazole rings is 1. The van der Waals surface area contributed by atoms with E-state index in [9.17, 15) is 26.7 Å². The molecule has 1 aliphatic carbocycles. The average molecular weight is 471 g/mol. The van der Waals surface area contributed by atoms with Crippen LogP contribution in [0.1, 0.15) is 24.8 Å². The number of aromatic nitrogens is 1. The maximum Gasteiger partial charge on any atom is 0.238 e. The molecule has 12 heteroatoms. The third-order valence-electron chi connectivity index (χ3n) is 5.48. The highest BCUT2D eigenvalue weighted by Crippen LogP contribution is 2.49. The number of aryl methyl sites for hydroxylation is 1. The van der Waals surface area contributed by atoms with E-state index in [-0.39, 0.29) is 30.5 Å². The zero-order chi connectivity index (χ0) is 23.3. The minimum atomic E-state index is -4.27. The Kier molecular flexibility index (Phi) is 5.55. The van der Waals surface area contributed by atoms with E-state index in [1.807, 2.05) is 0 Å². The van der Waals surface area contributed by atoms with E-state index in [0.29, 0.717) is 5.56 Å². The van der Waals surface area contributed by atoms with Crippen molar-refractivity contribution in [3.8, 4) is 0 Å². The number of aliphatic hydroxyl groups excluding tert-OH is 2. The van der Waals surface area contributed by atoms with E-state index in [1.165, 1.54) is 18.2 Å². The zero-order valence-corrected chi connectivity index (χ0v) is 17.6. The predicted molar refractivity (Wildman–Crippen MR) is 111 cm³/mol. The molecule has 172 valence electrons. The fraction of sp³-hybridized carbons (Fsp3) is 0.350. The van der Waals surface area contributed by atoms with Crippen molar-refractivity contribution in [2.45, 2.75) is 37.0 Å². The maximum absolute atomic E-state index is 15.0. The number of sulfonamides is 1.